The maximum Gasteiger partial charge on any atom is 0.315 e. The summed E-state index contributed by atoms with van der Waals surface area (Å²) in [5.41, 5.74) is 0. The van der Waals surface area contributed by atoms with Gasteiger partial charge in [0.2, 0.25) is 0 Å². The molecule has 0 spiro atoms. The van der Waals surface area contributed by atoms with Gasteiger partial charge < -0.3 is 15.7 Å². The molecule has 0 radical (unpaired) electrons. The molecule has 1 rings (SSSR count). The van der Waals surface area contributed by atoms with Crippen molar-refractivity contribution in [3.8, 4) is 0 Å². The first kappa shape index (κ1) is 15.8. The van der Waals surface area contributed by atoms with Crippen LogP contribution in [-0.4, -0.2) is 29.2 Å². The average molecular weight is 270 g/mol. The van der Waals surface area contributed by atoms with E-state index < -0.39 is 5.97 Å². The van der Waals surface area contributed by atoms with Crippen LogP contribution in [0.15, 0.2) is 0 Å². The van der Waals surface area contributed by atoms with E-state index in [0.29, 0.717) is 6.42 Å². The largest absolute Gasteiger partial charge is 0.481 e. The summed E-state index contributed by atoms with van der Waals surface area (Å²) < 4.78 is 0. The van der Waals surface area contributed by atoms with E-state index in [9.17, 15) is 9.59 Å². The number of hydrogen-bond donors (Lipinski definition) is 3. The Morgan fingerprint density at radius 2 is 2.11 bits per heavy atom. The van der Waals surface area contributed by atoms with Crippen LogP contribution in [0, 0.1) is 5.92 Å². The number of carboxylic acids is 1. The molecule has 0 aromatic carbocycles. The van der Waals surface area contributed by atoms with Gasteiger partial charge in [0.1, 0.15) is 0 Å². The summed E-state index contributed by atoms with van der Waals surface area (Å²) in [6.07, 6.45) is 6.28. The predicted molar refractivity (Wildman–Crippen MR) is 74.0 cm³/mol. The SMILES string of the molecule is CCC1CCCC(NC(=O)NC(C)CCC(=O)O)C1. The summed E-state index contributed by atoms with van der Waals surface area (Å²) >= 11 is 0. The van der Waals surface area contributed by atoms with Gasteiger partial charge in [0.15, 0.2) is 0 Å². The molecule has 0 aromatic heterocycles. The van der Waals surface area contributed by atoms with E-state index in [0.717, 1.165) is 18.8 Å². The molecule has 0 aromatic rings. The standard InChI is InChI=1S/C14H26N2O3/c1-3-11-5-4-6-12(9-11)16-14(19)15-10(2)7-8-13(17)18/h10-12H,3-9H2,1-2H3,(H,17,18)(H2,15,16,19). The summed E-state index contributed by atoms with van der Waals surface area (Å²) in [5.74, 6) is -0.101. The second kappa shape index (κ2) is 8.02. The Balaban J connectivity index is 2.24. The van der Waals surface area contributed by atoms with Crippen LogP contribution in [0.4, 0.5) is 4.79 Å². The highest BCUT2D eigenvalue weighted by molar-refractivity contribution is 5.74. The Labute approximate surface area is 115 Å². The Morgan fingerprint density at radius 1 is 1.37 bits per heavy atom. The minimum atomic E-state index is -0.827. The Kier molecular flexibility index (Phi) is 6.67. The normalized spacial score (nSPS) is 24.5. The van der Waals surface area contributed by atoms with E-state index in [2.05, 4.69) is 17.6 Å². The van der Waals surface area contributed by atoms with E-state index in [-0.39, 0.29) is 24.5 Å². The van der Waals surface area contributed by atoms with Gasteiger partial charge in [-0.2, -0.15) is 0 Å². The first-order chi connectivity index (χ1) is 9.01. The number of hydrogen-bond acceptors (Lipinski definition) is 2. The Hall–Kier alpha value is -1.26. The molecular formula is C14H26N2O3. The zero-order chi connectivity index (χ0) is 14.3. The summed E-state index contributed by atoms with van der Waals surface area (Å²) in [7, 11) is 0. The smallest absolute Gasteiger partial charge is 0.315 e. The highest BCUT2D eigenvalue weighted by Gasteiger charge is 2.22. The van der Waals surface area contributed by atoms with Crippen LogP contribution in [0.5, 0.6) is 0 Å². The fraction of sp³-hybridized carbons (Fsp3) is 0.857. The third kappa shape index (κ3) is 6.45. The van der Waals surface area contributed by atoms with Crippen LogP contribution < -0.4 is 10.6 Å². The van der Waals surface area contributed by atoms with Gasteiger partial charge in [-0.1, -0.05) is 26.2 Å². The van der Waals surface area contributed by atoms with Gasteiger partial charge in [0, 0.05) is 18.5 Å². The molecule has 5 heteroatoms. The third-order valence-corrected chi connectivity index (χ3v) is 3.86. The first-order valence-electron chi connectivity index (χ1n) is 7.30. The van der Waals surface area contributed by atoms with Crippen LogP contribution in [0.2, 0.25) is 0 Å². The van der Waals surface area contributed by atoms with E-state index >= 15 is 0 Å². The van der Waals surface area contributed by atoms with Crippen molar-refractivity contribution >= 4 is 12.0 Å². The highest BCUT2D eigenvalue weighted by Crippen LogP contribution is 2.26. The van der Waals surface area contributed by atoms with Crippen molar-refractivity contribution in [1.82, 2.24) is 10.6 Å². The fourth-order valence-electron chi connectivity index (χ4n) is 2.66. The van der Waals surface area contributed by atoms with Crippen molar-refractivity contribution in [3.63, 3.8) is 0 Å². The molecular weight excluding hydrogens is 244 g/mol. The molecule has 0 aliphatic heterocycles. The molecule has 1 aliphatic rings. The minimum absolute atomic E-state index is 0.0861. The predicted octanol–water partition coefficient (Wildman–Crippen LogP) is 2.51. The number of carboxylic acid groups (broad SMARTS) is 1. The van der Waals surface area contributed by atoms with Crippen LogP contribution in [0.25, 0.3) is 0 Å². The molecule has 5 nitrogen and oxygen atoms in total. The molecule has 2 amide bonds. The van der Waals surface area contributed by atoms with Crippen molar-refractivity contribution < 1.29 is 14.7 Å². The summed E-state index contributed by atoms with van der Waals surface area (Å²) in [4.78, 5) is 22.2. The van der Waals surface area contributed by atoms with Crippen molar-refractivity contribution in [2.75, 3.05) is 0 Å². The molecule has 0 heterocycles. The fourth-order valence-corrected chi connectivity index (χ4v) is 2.66. The van der Waals surface area contributed by atoms with Gasteiger partial charge in [-0.3, -0.25) is 4.79 Å². The molecule has 19 heavy (non-hydrogen) atoms. The molecule has 1 aliphatic carbocycles. The number of urea groups is 1. The summed E-state index contributed by atoms with van der Waals surface area (Å²) in [6.45, 7) is 4.03. The maximum absolute atomic E-state index is 11.8. The molecule has 1 fully saturated rings. The van der Waals surface area contributed by atoms with Gasteiger partial charge in [0.05, 0.1) is 0 Å². The van der Waals surface area contributed by atoms with Crippen LogP contribution in [0.1, 0.15) is 58.8 Å². The number of amides is 2. The van der Waals surface area contributed by atoms with Crippen LogP contribution in [0.3, 0.4) is 0 Å². The van der Waals surface area contributed by atoms with Crippen LogP contribution >= 0.6 is 0 Å². The lowest BCUT2D eigenvalue weighted by molar-refractivity contribution is -0.137. The number of carbonyl (C=O) groups is 2. The topological polar surface area (TPSA) is 78.4 Å². The monoisotopic (exact) mass is 270 g/mol. The summed E-state index contributed by atoms with van der Waals surface area (Å²) in [6, 6.07) is -0.00771. The zero-order valence-electron chi connectivity index (χ0n) is 11.9. The van der Waals surface area contributed by atoms with Crippen molar-refractivity contribution in [3.05, 3.63) is 0 Å². The van der Waals surface area contributed by atoms with Crippen molar-refractivity contribution in [1.29, 1.82) is 0 Å². The lowest BCUT2D eigenvalue weighted by Gasteiger charge is -2.29. The lowest BCUT2D eigenvalue weighted by Crippen LogP contribution is -2.46. The molecule has 0 saturated heterocycles. The van der Waals surface area contributed by atoms with Gasteiger partial charge >= 0.3 is 12.0 Å². The van der Waals surface area contributed by atoms with Crippen LogP contribution in [-0.2, 0) is 4.79 Å². The number of aliphatic carboxylic acids is 1. The number of carbonyl (C=O) groups excluding carboxylic acids is 1. The molecule has 0 bridgehead atoms. The van der Waals surface area contributed by atoms with Crippen molar-refractivity contribution in [2.24, 2.45) is 5.92 Å². The highest BCUT2D eigenvalue weighted by atomic mass is 16.4. The second-order valence-electron chi connectivity index (χ2n) is 5.59. The molecule has 3 N–H and O–H groups in total. The summed E-state index contributed by atoms with van der Waals surface area (Å²) in [5, 5.41) is 14.4. The quantitative estimate of drug-likeness (QED) is 0.694. The first-order valence-corrected chi connectivity index (χ1v) is 7.30. The zero-order valence-corrected chi connectivity index (χ0v) is 11.9. The number of nitrogens with one attached hydrogen (secondary N) is 2. The average Bonchev–Trinajstić information content (AvgIpc) is 2.36. The van der Waals surface area contributed by atoms with Gasteiger partial charge in [0.25, 0.3) is 0 Å². The number of rotatable bonds is 6. The minimum Gasteiger partial charge on any atom is -0.481 e. The van der Waals surface area contributed by atoms with Gasteiger partial charge in [-0.25, -0.2) is 4.79 Å². The molecule has 1 saturated carbocycles. The van der Waals surface area contributed by atoms with E-state index in [1.165, 1.54) is 19.3 Å². The molecule has 110 valence electrons. The Morgan fingerprint density at radius 3 is 2.74 bits per heavy atom. The van der Waals surface area contributed by atoms with Gasteiger partial charge in [-0.15, -0.1) is 0 Å². The van der Waals surface area contributed by atoms with E-state index in [1.807, 2.05) is 6.92 Å². The van der Waals surface area contributed by atoms with Gasteiger partial charge in [-0.05, 0) is 32.1 Å². The third-order valence-electron chi connectivity index (χ3n) is 3.86. The van der Waals surface area contributed by atoms with E-state index in [1.54, 1.807) is 0 Å². The van der Waals surface area contributed by atoms with Crippen molar-refractivity contribution in [2.45, 2.75) is 70.9 Å². The second-order valence-corrected chi connectivity index (χ2v) is 5.59. The molecule has 3 atom stereocenters. The lowest BCUT2D eigenvalue weighted by atomic mass is 9.84. The van der Waals surface area contributed by atoms with E-state index in [4.69, 9.17) is 5.11 Å². The Bertz CT molecular complexity index is 307. The molecule has 3 unspecified atom stereocenters. The maximum atomic E-state index is 11.8.